The Bertz CT molecular complexity index is 3230. The lowest BCUT2D eigenvalue weighted by molar-refractivity contribution is -0.222. The zero-order valence-electron chi connectivity index (χ0n) is 56.6. The quantitative estimate of drug-likeness (QED) is 0.0294. The first-order chi connectivity index (χ1) is 47.8. The van der Waals surface area contributed by atoms with E-state index in [-0.39, 0.29) is 36.6 Å². The maximum absolute atomic E-state index is 16.0. The first-order valence-corrected chi connectivity index (χ1v) is 37.2. The minimum Gasteiger partial charge on any atom is -0.374 e. The van der Waals surface area contributed by atoms with Crippen LogP contribution in [-0.4, -0.2) is 199 Å². The molecule has 8 heterocycles. The summed E-state index contributed by atoms with van der Waals surface area (Å²) < 4.78 is 50.0. The van der Waals surface area contributed by atoms with E-state index in [0.717, 1.165) is 98.1 Å². The van der Waals surface area contributed by atoms with Crippen LogP contribution in [0.25, 0.3) is 0 Å². The van der Waals surface area contributed by atoms with Gasteiger partial charge in [-0.05, 0) is 149 Å². The molecule has 99 heavy (non-hydrogen) atoms. The highest BCUT2D eigenvalue weighted by molar-refractivity contribution is 7.49. The number of halogens is 2. The predicted octanol–water partition coefficient (Wildman–Crippen LogP) is 10.0. The highest BCUT2D eigenvalue weighted by Gasteiger charge is 2.53. The molecule has 0 amide bonds. The zero-order chi connectivity index (χ0) is 67.4. The fraction of sp³-hybridized carbons (Fsp3) is 0.474. The Morgan fingerprint density at radius 2 is 0.778 bits per heavy atom. The summed E-state index contributed by atoms with van der Waals surface area (Å²) in [5.74, 6) is 0. The van der Waals surface area contributed by atoms with Gasteiger partial charge in [-0.25, -0.2) is 15.2 Å². The molecule has 0 aliphatic carbocycles. The summed E-state index contributed by atoms with van der Waals surface area (Å²) in [6.07, 6.45) is 4.62. The van der Waals surface area contributed by atoms with Crippen molar-refractivity contribution in [2.45, 2.75) is 163 Å². The molecule has 0 aromatic heterocycles. The van der Waals surface area contributed by atoms with Crippen LogP contribution in [0.4, 0.5) is 0 Å². The number of hydrogen-bond donors (Lipinski definition) is 6. The number of ether oxygens (including phenoxy) is 2. The summed E-state index contributed by atoms with van der Waals surface area (Å²) in [5, 5.41) is 55.1. The average molecular weight is 1410 g/mol. The lowest BCUT2D eigenvalue weighted by Crippen LogP contribution is -2.65. The van der Waals surface area contributed by atoms with Crippen molar-refractivity contribution in [3.8, 4) is 0 Å². The highest BCUT2D eigenvalue weighted by Crippen LogP contribution is 2.55. The van der Waals surface area contributed by atoms with Crippen molar-refractivity contribution >= 4 is 32.1 Å². The van der Waals surface area contributed by atoms with E-state index in [1.807, 2.05) is 50.2 Å². The Hall–Kier alpha value is -5.47. The van der Waals surface area contributed by atoms with Crippen LogP contribution in [0.1, 0.15) is 111 Å². The van der Waals surface area contributed by atoms with Gasteiger partial charge >= 0.3 is 7.82 Å². The standard InChI is InChI=1S/C76H96ClN10O10P.ClH/c1-55-49-84(73(90)78-71(55)88)69-53-82(75(57-25-9-3-10-26-57,58-27-11-4-12-28-58)59-29-13-5-14-30-59)51-67(93-69)47-65-45-63(80-39-21-22-40-80)37-43-86(65)96-98(92,95-77)97-87-44-38-64(81-41-23-24-42-81)46-66(87)48-68-52-83(54-70(94-68)85-50-56(2)72(89)79-74(85)91)76(60-31-15-6-16-32-60,61-33-17-7-18-34-61)62-35-19-8-20-36-62;/h3-20,25-36,49-50,63-74,78-79,88-91H,21-24,37-48,51-54H2,1-2H3;1H/t63?,64?,65?,66?,67-,68-,69+,70+,71?,72?,73?,74?,98?;/m0./s1. The van der Waals surface area contributed by atoms with Crippen molar-refractivity contribution in [2.24, 2.45) is 0 Å². The highest BCUT2D eigenvalue weighted by atomic mass is 35.5. The molecule has 8 aliphatic rings. The van der Waals surface area contributed by atoms with Crippen molar-refractivity contribution in [2.75, 3.05) is 65.4 Å². The lowest BCUT2D eigenvalue weighted by Gasteiger charge is -2.54. The Morgan fingerprint density at radius 3 is 1.07 bits per heavy atom. The van der Waals surface area contributed by atoms with Crippen LogP contribution in [0.15, 0.2) is 206 Å². The maximum atomic E-state index is 16.0. The zero-order valence-corrected chi connectivity index (χ0v) is 59.1. The van der Waals surface area contributed by atoms with Crippen LogP contribution in [0, 0.1) is 0 Å². The van der Waals surface area contributed by atoms with Crippen molar-refractivity contribution in [3.05, 3.63) is 239 Å². The molecule has 23 heteroatoms. The normalized spacial score (nSPS) is 29.8. The monoisotopic (exact) mass is 1410 g/mol. The summed E-state index contributed by atoms with van der Waals surface area (Å²) in [6, 6.07) is 63.1. The molecule has 6 saturated heterocycles. The van der Waals surface area contributed by atoms with E-state index in [0.29, 0.717) is 76.1 Å². The van der Waals surface area contributed by atoms with Gasteiger partial charge in [-0.1, -0.05) is 182 Å². The van der Waals surface area contributed by atoms with Crippen molar-refractivity contribution < 1.29 is 47.8 Å². The van der Waals surface area contributed by atoms with Gasteiger partial charge in [-0.2, -0.15) is 23.5 Å². The number of likely N-dealkylation sites (tertiary alicyclic amines) is 2. The van der Waals surface area contributed by atoms with Crippen LogP contribution in [-0.2, 0) is 38.4 Å². The molecule has 6 aromatic carbocycles. The molecular weight excluding hydrogens is 1310 g/mol. The smallest absolute Gasteiger partial charge is 0.374 e. The molecular formula is C76H97Cl2N10O10P. The number of benzene rings is 6. The molecule has 8 unspecified atom stereocenters. The van der Waals surface area contributed by atoms with Crippen LogP contribution < -0.4 is 10.6 Å². The topological polar surface area (TPSA) is 194 Å². The maximum Gasteiger partial charge on any atom is 0.524 e. The van der Waals surface area contributed by atoms with E-state index in [1.54, 1.807) is 32.3 Å². The molecule has 6 aromatic rings. The minimum atomic E-state index is -4.71. The molecule has 6 fully saturated rings. The molecule has 8 aliphatic heterocycles. The molecule has 0 radical (unpaired) electrons. The second-order valence-corrected chi connectivity index (χ2v) is 29.7. The number of hydroxylamine groups is 4. The summed E-state index contributed by atoms with van der Waals surface area (Å²) in [4.78, 5) is 13.7. The second-order valence-electron chi connectivity index (χ2n) is 28.0. The number of aliphatic hydroxyl groups excluding tert-OH is 4. The average Bonchev–Trinajstić information content (AvgIpc) is 0.791. The Morgan fingerprint density at radius 1 is 0.475 bits per heavy atom. The van der Waals surface area contributed by atoms with Gasteiger partial charge in [0.2, 0.25) is 0 Å². The van der Waals surface area contributed by atoms with Gasteiger partial charge in [0.25, 0.3) is 0 Å². The molecule has 530 valence electrons. The number of morpholine rings is 2. The number of rotatable bonds is 21. The number of hydrogen-bond acceptors (Lipinski definition) is 20. The first kappa shape index (κ1) is 71.9. The number of nitrogens with one attached hydrogen (secondary N) is 2. The fourth-order valence-corrected chi connectivity index (χ4v) is 18.5. The summed E-state index contributed by atoms with van der Waals surface area (Å²) in [6.45, 7) is 10.0. The third-order valence-electron chi connectivity index (χ3n) is 22.0. The summed E-state index contributed by atoms with van der Waals surface area (Å²) >= 11 is 6.60. The van der Waals surface area contributed by atoms with E-state index in [2.05, 4.69) is 176 Å². The molecule has 6 N–H and O–H groups in total. The Kier molecular flexibility index (Phi) is 23.3. The van der Waals surface area contributed by atoms with Gasteiger partial charge in [-0.3, -0.25) is 9.80 Å². The third kappa shape index (κ3) is 15.2. The molecule has 0 saturated carbocycles. The Labute approximate surface area is 594 Å². The van der Waals surface area contributed by atoms with Gasteiger partial charge in [0.15, 0.2) is 12.7 Å². The van der Waals surface area contributed by atoms with Crippen LogP contribution in [0.3, 0.4) is 0 Å². The van der Waals surface area contributed by atoms with Crippen LogP contribution in [0.5, 0.6) is 0 Å². The molecule has 20 nitrogen and oxygen atoms in total. The van der Waals surface area contributed by atoms with Crippen LogP contribution >= 0.6 is 32.1 Å². The first-order valence-electron chi connectivity index (χ1n) is 35.4. The van der Waals surface area contributed by atoms with Crippen molar-refractivity contribution in [1.29, 1.82) is 0 Å². The van der Waals surface area contributed by atoms with E-state index in [1.165, 1.54) is 0 Å². The van der Waals surface area contributed by atoms with E-state index < -0.39 is 68.7 Å². The summed E-state index contributed by atoms with van der Waals surface area (Å²) in [7, 11) is -4.71. The molecule has 12 atom stereocenters. The van der Waals surface area contributed by atoms with Crippen LogP contribution in [0.2, 0.25) is 0 Å². The van der Waals surface area contributed by atoms with E-state index >= 15 is 4.57 Å². The number of piperidine rings is 2. The van der Waals surface area contributed by atoms with Gasteiger partial charge in [0, 0.05) is 75.8 Å². The fourth-order valence-electron chi connectivity index (χ4n) is 17.3. The SMILES string of the molecule is CC1=CN([C@H]2CN(C(c3ccccc3)(c3ccccc3)c3ccccc3)C[C@H](CC3CC(N4CCCC4)CCN3OP(=O)(OCl)ON3CCC(N4CCCC4)CC3C[C@H]3CN(C(c4ccccc4)(c4ccccc4)c4ccccc4)C[C@H](N4C=C(C)C(O)NC4O)O3)O2)C(O)NC1O.Cl. The lowest BCUT2D eigenvalue weighted by atomic mass is 9.75. The van der Waals surface area contributed by atoms with Crippen molar-refractivity contribution in [1.82, 2.24) is 50.2 Å². The summed E-state index contributed by atoms with van der Waals surface area (Å²) in [5.41, 5.74) is 5.92. The molecule has 0 bridgehead atoms. The number of nitrogens with zero attached hydrogens (tertiary/aromatic N) is 8. The third-order valence-corrected chi connectivity index (χ3v) is 23.5. The van der Waals surface area contributed by atoms with Gasteiger partial charge < -0.3 is 49.5 Å². The van der Waals surface area contributed by atoms with Gasteiger partial charge in [0.05, 0.1) is 35.2 Å². The Balaban J connectivity index is 0.00000880. The van der Waals surface area contributed by atoms with Crippen molar-refractivity contribution in [3.63, 3.8) is 0 Å². The molecule has 14 rings (SSSR count). The molecule has 0 spiro atoms. The number of aliphatic hydroxyl groups is 4. The van der Waals surface area contributed by atoms with E-state index in [9.17, 15) is 20.4 Å². The van der Waals surface area contributed by atoms with Gasteiger partial charge in [0.1, 0.15) is 24.9 Å². The number of phosphoric acid groups is 1. The second kappa shape index (κ2) is 32.0. The predicted molar refractivity (Wildman–Crippen MR) is 382 cm³/mol. The largest absolute Gasteiger partial charge is 0.524 e. The van der Waals surface area contributed by atoms with E-state index in [4.69, 9.17) is 34.7 Å². The van der Waals surface area contributed by atoms with Gasteiger partial charge in [-0.15, -0.1) is 12.4 Å². The minimum absolute atomic E-state index is 0.